The van der Waals surface area contributed by atoms with E-state index < -0.39 is 0 Å². The maximum absolute atomic E-state index is 6.32. The third-order valence-corrected chi connectivity index (χ3v) is 3.34. The lowest BCUT2D eigenvalue weighted by atomic mass is 9.99. The molecule has 0 saturated carbocycles. The molecule has 0 amide bonds. The molecule has 0 fully saturated rings. The van der Waals surface area contributed by atoms with Gasteiger partial charge in [0, 0.05) is 24.0 Å². The minimum absolute atomic E-state index is 0.206. The third-order valence-electron chi connectivity index (χ3n) is 3.34. The quantitative estimate of drug-likeness (QED) is 0.883. The van der Waals surface area contributed by atoms with Gasteiger partial charge in [-0.1, -0.05) is 0 Å². The van der Waals surface area contributed by atoms with Crippen molar-refractivity contribution in [2.24, 2.45) is 5.73 Å². The summed E-state index contributed by atoms with van der Waals surface area (Å²) in [5.41, 5.74) is 8.32. The Bertz CT molecular complexity index is 588. The summed E-state index contributed by atoms with van der Waals surface area (Å²) in [5.74, 6) is 1.79. The highest BCUT2D eigenvalue weighted by Crippen LogP contribution is 2.42. The predicted molar refractivity (Wildman–Crippen MR) is 81.0 cm³/mol. The molecule has 0 bridgehead atoms. The fourth-order valence-corrected chi connectivity index (χ4v) is 2.30. The number of hydrogen-bond donors (Lipinski definition) is 1. The zero-order chi connectivity index (χ0) is 15.2. The Morgan fingerprint density at radius 3 is 2.19 bits per heavy atom. The van der Waals surface area contributed by atoms with Gasteiger partial charge < -0.3 is 19.9 Å². The number of aromatic nitrogens is 1. The van der Waals surface area contributed by atoms with Crippen molar-refractivity contribution >= 4 is 0 Å². The van der Waals surface area contributed by atoms with Crippen LogP contribution in [0.2, 0.25) is 0 Å². The van der Waals surface area contributed by atoms with Gasteiger partial charge in [0.25, 0.3) is 0 Å². The second-order valence-corrected chi connectivity index (χ2v) is 4.59. The molecule has 0 aliphatic rings. The summed E-state index contributed by atoms with van der Waals surface area (Å²) >= 11 is 0. The molecule has 5 nitrogen and oxygen atoms in total. The number of ether oxygens (including phenoxy) is 3. The molecule has 1 unspecified atom stereocenters. The van der Waals surface area contributed by atoms with Crippen molar-refractivity contribution in [1.29, 1.82) is 0 Å². The van der Waals surface area contributed by atoms with Crippen molar-refractivity contribution in [2.75, 3.05) is 21.3 Å². The number of pyridine rings is 1. The Kier molecular flexibility index (Phi) is 5.00. The van der Waals surface area contributed by atoms with E-state index in [0.29, 0.717) is 23.7 Å². The minimum atomic E-state index is -0.206. The number of nitrogens with zero attached hydrogens (tertiary/aromatic N) is 1. The van der Waals surface area contributed by atoms with Crippen LogP contribution in [-0.4, -0.2) is 26.3 Å². The average molecular weight is 288 g/mol. The van der Waals surface area contributed by atoms with Gasteiger partial charge in [-0.2, -0.15) is 0 Å². The molecule has 2 N–H and O–H groups in total. The van der Waals surface area contributed by atoms with Crippen molar-refractivity contribution in [3.63, 3.8) is 0 Å². The van der Waals surface area contributed by atoms with E-state index in [1.54, 1.807) is 33.7 Å². The molecule has 1 atom stereocenters. The van der Waals surface area contributed by atoms with Crippen LogP contribution in [0.5, 0.6) is 17.2 Å². The van der Waals surface area contributed by atoms with Crippen LogP contribution < -0.4 is 19.9 Å². The van der Waals surface area contributed by atoms with Gasteiger partial charge >= 0.3 is 0 Å². The zero-order valence-corrected chi connectivity index (χ0v) is 12.5. The molecular formula is C16H20N2O3. The Morgan fingerprint density at radius 1 is 0.952 bits per heavy atom. The Balaban J connectivity index is 2.34. The number of rotatable bonds is 6. The van der Waals surface area contributed by atoms with E-state index in [0.717, 1.165) is 11.1 Å². The first-order valence-electron chi connectivity index (χ1n) is 6.64. The molecular weight excluding hydrogens is 268 g/mol. The Labute approximate surface area is 124 Å². The monoisotopic (exact) mass is 288 g/mol. The second kappa shape index (κ2) is 6.95. The van der Waals surface area contributed by atoms with Gasteiger partial charge in [0.1, 0.15) is 0 Å². The molecule has 2 rings (SSSR count). The smallest absolute Gasteiger partial charge is 0.203 e. The van der Waals surface area contributed by atoms with E-state index in [1.165, 1.54) is 0 Å². The molecule has 21 heavy (non-hydrogen) atoms. The highest BCUT2D eigenvalue weighted by molar-refractivity contribution is 5.56. The fourth-order valence-electron chi connectivity index (χ4n) is 2.30. The highest BCUT2D eigenvalue weighted by atomic mass is 16.5. The van der Waals surface area contributed by atoms with Crippen LogP contribution in [0, 0.1) is 0 Å². The van der Waals surface area contributed by atoms with Crippen LogP contribution in [-0.2, 0) is 6.42 Å². The Morgan fingerprint density at radius 2 is 1.62 bits per heavy atom. The molecule has 1 aromatic heterocycles. The lowest BCUT2D eigenvalue weighted by Crippen LogP contribution is -2.15. The highest BCUT2D eigenvalue weighted by Gasteiger charge is 2.20. The molecule has 1 heterocycles. The zero-order valence-electron chi connectivity index (χ0n) is 12.5. The summed E-state index contributed by atoms with van der Waals surface area (Å²) in [7, 11) is 4.77. The summed E-state index contributed by atoms with van der Waals surface area (Å²) < 4.78 is 16.1. The van der Waals surface area contributed by atoms with E-state index >= 15 is 0 Å². The number of hydrogen-bond acceptors (Lipinski definition) is 5. The maximum Gasteiger partial charge on any atom is 0.203 e. The van der Waals surface area contributed by atoms with E-state index in [9.17, 15) is 0 Å². The summed E-state index contributed by atoms with van der Waals surface area (Å²) in [6.45, 7) is 0. The lowest BCUT2D eigenvalue weighted by molar-refractivity contribution is 0.320. The van der Waals surface area contributed by atoms with Gasteiger partial charge in [0.05, 0.1) is 21.3 Å². The maximum atomic E-state index is 6.32. The van der Waals surface area contributed by atoms with Crippen molar-refractivity contribution in [3.05, 3.63) is 47.8 Å². The van der Waals surface area contributed by atoms with E-state index in [-0.39, 0.29) is 6.04 Å². The minimum Gasteiger partial charge on any atom is -0.493 e. The summed E-state index contributed by atoms with van der Waals surface area (Å²) in [4.78, 5) is 4.01. The molecule has 1 aromatic carbocycles. The van der Waals surface area contributed by atoms with Crippen molar-refractivity contribution in [3.8, 4) is 17.2 Å². The standard InChI is InChI=1S/C16H20N2O3/c1-19-14-5-4-12(15(20-2)16(14)21-3)13(17)10-11-6-8-18-9-7-11/h4-9,13H,10,17H2,1-3H3. The van der Waals surface area contributed by atoms with Gasteiger partial charge in [-0.05, 0) is 36.2 Å². The van der Waals surface area contributed by atoms with Crippen LogP contribution in [0.1, 0.15) is 17.2 Å². The van der Waals surface area contributed by atoms with Crippen molar-refractivity contribution in [2.45, 2.75) is 12.5 Å². The topological polar surface area (TPSA) is 66.6 Å². The van der Waals surface area contributed by atoms with E-state index in [2.05, 4.69) is 4.98 Å². The van der Waals surface area contributed by atoms with Crippen molar-refractivity contribution in [1.82, 2.24) is 4.98 Å². The first-order valence-corrected chi connectivity index (χ1v) is 6.64. The third kappa shape index (κ3) is 3.25. The molecule has 112 valence electrons. The Hall–Kier alpha value is -2.27. The van der Waals surface area contributed by atoms with E-state index in [4.69, 9.17) is 19.9 Å². The van der Waals surface area contributed by atoms with E-state index in [1.807, 2.05) is 24.3 Å². The van der Waals surface area contributed by atoms with Crippen LogP contribution in [0.3, 0.4) is 0 Å². The second-order valence-electron chi connectivity index (χ2n) is 4.59. The lowest BCUT2D eigenvalue weighted by Gasteiger charge is -2.19. The normalized spacial score (nSPS) is 11.8. The van der Waals surface area contributed by atoms with Crippen LogP contribution in [0.4, 0.5) is 0 Å². The largest absolute Gasteiger partial charge is 0.493 e. The van der Waals surface area contributed by atoms with Crippen LogP contribution in [0.15, 0.2) is 36.7 Å². The first kappa shape index (κ1) is 15.1. The van der Waals surface area contributed by atoms with Crippen molar-refractivity contribution < 1.29 is 14.2 Å². The van der Waals surface area contributed by atoms with Crippen LogP contribution >= 0.6 is 0 Å². The molecule has 0 aliphatic heterocycles. The molecule has 0 spiro atoms. The number of benzene rings is 1. The molecule has 5 heteroatoms. The van der Waals surface area contributed by atoms with Gasteiger partial charge in [-0.25, -0.2) is 0 Å². The van der Waals surface area contributed by atoms with Crippen LogP contribution in [0.25, 0.3) is 0 Å². The number of methoxy groups -OCH3 is 3. The molecule has 0 radical (unpaired) electrons. The average Bonchev–Trinajstić information content (AvgIpc) is 2.53. The SMILES string of the molecule is COc1ccc(C(N)Cc2ccncc2)c(OC)c1OC. The van der Waals surface area contributed by atoms with Gasteiger partial charge in [-0.15, -0.1) is 0 Å². The van der Waals surface area contributed by atoms with Gasteiger partial charge in [-0.3, -0.25) is 4.98 Å². The summed E-state index contributed by atoms with van der Waals surface area (Å²) in [6, 6.07) is 7.44. The molecule has 0 aliphatic carbocycles. The summed E-state index contributed by atoms with van der Waals surface area (Å²) in [6.07, 6.45) is 4.20. The van der Waals surface area contributed by atoms with Gasteiger partial charge in [0.15, 0.2) is 11.5 Å². The summed E-state index contributed by atoms with van der Waals surface area (Å²) in [5, 5.41) is 0. The fraction of sp³-hybridized carbons (Fsp3) is 0.312. The van der Waals surface area contributed by atoms with Gasteiger partial charge in [0.2, 0.25) is 5.75 Å². The molecule has 2 aromatic rings. The number of nitrogens with two attached hydrogens (primary N) is 1. The molecule has 0 saturated heterocycles. The first-order chi connectivity index (χ1) is 10.2. The predicted octanol–water partition coefficient (Wildman–Crippen LogP) is 2.35.